The van der Waals surface area contributed by atoms with E-state index in [4.69, 9.17) is 0 Å². The lowest BCUT2D eigenvalue weighted by Crippen LogP contribution is -2.41. The first-order valence-electron chi connectivity index (χ1n) is 9.08. The minimum atomic E-state index is -0.483. The Morgan fingerprint density at radius 2 is 2.08 bits per heavy atom. The van der Waals surface area contributed by atoms with Gasteiger partial charge in [-0.1, -0.05) is 6.07 Å². The first-order valence-corrected chi connectivity index (χ1v) is 9.08. The lowest BCUT2D eigenvalue weighted by Gasteiger charge is -2.32. The van der Waals surface area contributed by atoms with E-state index in [1.165, 1.54) is 19.8 Å². The van der Waals surface area contributed by atoms with Crippen molar-refractivity contribution in [3.63, 3.8) is 0 Å². The van der Waals surface area contributed by atoms with E-state index in [9.17, 15) is 9.59 Å². The zero-order chi connectivity index (χ0) is 18.3. The summed E-state index contributed by atoms with van der Waals surface area (Å²) in [4.78, 5) is 31.0. The molecule has 2 aliphatic rings. The monoisotopic (exact) mass is 353 g/mol. The zero-order valence-corrected chi connectivity index (χ0v) is 15.1. The predicted molar refractivity (Wildman–Crippen MR) is 96.4 cm³/mol. The van der Waals surface area contributed by atoms with Crippen molar-refractivity contribution in [3.8, 4) is 0 Å². The Bertz CT molecular complexity index is 842. The molecule has 0 radical (unpaired) electrons. The van der Waals surface area contributed by atoms with E-state index in [1.807, 2.05) is 22.9 Å². The number of pyridine rings is 1. The van der Waals surface area contributed by atoms with Gasteiger partial charge < -0.3 is 10.2 Å². The van der Waals surface area contributed by atoms with Crippen molar-refractivity contribution in [1.29, 1.82) is 0 Å². The average molecular weight is 353 g/mol. The van der Waals surface area contributed by atoms with Gasteiger partial charge in [0, 0.05) is 32.3 Å². The van der Waals surface area contributed by atoms with Crippen LogP contribution in [0.3, 0.4) is 0 Å². The number of amides is 2. The molecule has 7 nitrogen and oxygen atoms in total. The highest BCUT2D eigenvalue weighted by molar-refractivity contribution is 5.96. The third-order valence-corrected chi connectivity index (χ3v) is 5.39. The summed E-state index contributed by atoms with van der Waals surface area (Å²) < 4.78 is 1.89. The minimum Gasteiger partial charge on any atom is -0.337 e. The van der Waals surface area contributed by atoms with Crippen molar-refractivity contribution in [3.05, 3.63) is 41.9 Å². The summed E-state index contributed by atoms with van der Waals surface area (Å²) in [6.45, 7) is 4.51. The number of hydrogen-bond acceptors (Lipinski definition) is 4. The molecule has 2 amide bonds. The average Bonchev–Trinajstić information content (AvgIpc) is 3.39. The second-order valence-corrected chi connectivity index (χ2v) is 7.23. The molecule has 2 aromatic heterocycles. The number of nitrogens with one attached hydrogen (secondary N) is 1. The molecule has 0 bridgehead atoms. The quantitative estimate of drug-likeness (QED) is 0.915. The normalized spacial score (nSPS) is 20.4. The largest absolute Gasteiger partial charge is 0.337 e. The Labute approximate surface area is 152 Å². The molecule has 4 rings (SSSR count). The van der Waals surface area contributed by atoms with Crippen LogP contribution in [-0.2, 0) is 16.1 Å². The van der Waals surface area contributed by atoms with Crippen LogP contribution in [0.1, 0.15) is 49.9 Å². The third kappa shape index (κ3) is 3.09. The molecule has 1 fully saturated rings. The van der Waals surface area contributed by atoms with E-state index in [1.54, 1.807) is 17.3 Å². The van der Waals surface area contributed by atoms with Gasteiger partial charge in [0.2, 0.25) is 11.8 Å². The summed E-state index contributed by atoms with van der Waals surface area (Å²) in [7, 11) is 0. The van der Waals surface area contributed by atoms with Gasteiger partial charge >= 0.3 is 0 Å². The molecule has 0 aromatic carbocycles. The summed E-state index contributed by atoms with van der Waals surface area (Å²) in [5.41, 5.74) is 1.68. The van der Waals surface area contributed by atoms with Gasteiger partial charge in [-0.25, -0.2) is 4.68 Å². The number of fused-ring (bicyclic) bond motifs is 1. The van der Waals surface area contributed by atoms with E-state index in [0.717, 1.165) is 11.3 Å². The fourth-order valence-corrected chi connectivity index (χ4v) is 3.65. The van der Waals surface area contributed by atoms with Gasteiger partial charge in [-0.2, -0.15) is 5.10 Å². The van der Waals surface area contributed by atoms with Gasteiger partial charge in [-0.3, -0.25) is 14.6 Å². The van der Waals surface area contributed by atoms with Crippen LogP contribution in [0.5, 0.6) is 0 Å². The van der Waals surface area contributed by atoms with Crippen LogP contribution in [-0.4, -0.2) is 38.0 Å². The molecular formula is C19H23N5O2. The molecule has 1 saturated carbocycles. The summed E-state index contributed by atoms with van der Waals surface area (Å²) in [5, 5.41) is 7.39. The molecule has 7 heteroatoms. The lowest BCUT2D eigenvalue weighted by atomic mass is 9.94. The minimum absolute atomic E-state index is 0.0373. The molecule has 26 heavy (non-hydrogen) atoms. The number of hydrogen-bond donors (Lipinski definition) is 1. The van der Waals surface area contributed by atoms with Crippen LogP contribution < -0.4 is 5.32 Å². The van der Waals surface area contributed by atoms with Gasteiger partial charge in [-0.15, -0.1) is 0 Å². The molecule has 2 aromatic rings. The smallest absolute Gasteiger partial charge is 0.236 e. The highest BCUT2D eigenvalue weighted by atomic mass is 16.2. The molecule has 1 aliphatic heterocycles. The number of aromatic nitrogens is 3. The van der Waals surface area contributed by atoms with Crippen LogP contribution in [0.15, 0.2) is 30.6 Å². The number of carbonyl (C=O) groups is 2. The Balaban J connectivity index is 1.58. The Hall–Kier alpha value is -2.70. The maximum absolute atomic E-state index is 13.0. The number of anilines is 1. The maximum Gasteiger partial charge on any atom is 0.236 e. The van der Waals surface area contributed by atoms with Crippen molar-refractivity contribution in [2.45, 2.75) is 45.2 Å². The molecule has 0 saturated heterocycles. The van der Waals surface area contributed by atoms with Crippen molar-refractivity contribution in [2.24, 2.45) is 5.92 Å². The SMILES string of the molecule is CC(=O)N1Cc2cccnc2C(C(=O)Nc2ccnn2C(C)C2CC2)C1. The van der Waals surface area contributed by atoms with E-state index >= 15 is 0 Å². The van der Waals surface area contributed by atoms with Crippen LogP contribution in [0.25, 0.3) is 0 Å². The van der Waals surface area contributed by atoms with Crippen molar-refractivity contribution in [1.82, 2.24) is 19.7 Å². The molecule has 2 unspecified atom stereocenters. The topological polar surface area (TPSA) is 80.1 Å². The summed E-state index contributed by atoms with van der Waals surface area (Å²) in [6.07, 6.45) is 5.83. The number of carbonyl (C=O) groups excluding carboxylic acids is 2. The van der Waals surface area contributed by atoms with Crippen LogP contribution in [0.2, 0.25) is 0 Å². The number of nitrogens with zero attached hydrogens (tertiary/aromatic N) is 4. The fraction of sp³-hybridized carbons (Fsp3) is 0.474. The van der Waals surface area contributed by atoms with Gasteiger partial charge in [0.15, 0.2) is 0 Å². The predicted octanol–water partition coefficient (Wildman–Crippen LogP) is 2.33. The zero-order valence-electron chi connectivity index (χ0n) is 15.1. The van der Waals surface area contributed by atoms with Crippen molar-refractivity contribution in [2.75, 3.05) is 11.9 Å². The van der Waals surface area contributed by atoms with E-state index in [0.29, 0.717) is 24.8 Å². The van der Waals surface area contributed by atoms with E-state index in [2.05, 4.69) is 22.3 Å². The Kier molecular flexibility index (Phi) is 4.22. The molecule has 3 heterocycles. The second kappa shape index (κ2) is 6.55. The molecule has 1 aliphatic carbocycles. The Morgan fingerprint density at radius 1 is 1.27 bits per heavy atom. The lowest BCUT2D eigenvalue weighted by molar-refractivity contribution is -0.131. The molecule has 0 spiro atoms. The molecule has 1 N–H and O–H groups in total. The summed E-state index contributed by atoms with van der Waals surface area (Å²) in [6, 6.07) is 5.86. The highest BCUT2D eigenvalue weighted by Gasteiger charge is 2.34. The van der Waals surface area contributed by atoms with Crippen LogP contribution in [0, 0.1) is 5.92 Å². The van der Waals surface area contributed by atoms with Crippen LogP contribution in [0.4, 0.5) is 5.82 Å². The molecule has 136 valence electrons. The highest BCUT2D eigenvalue weighted by Crippen LogP contribution is 2.40. The first kappa shape index (κ1) is 16.8. The molecule has 2 atom stereocenters. The van der Waals surface area contributed by atoms with Crippen molar-refractivity contribution >= 4 is 17.6 Å². The van der Waals surface area contributed by atoms with E-state index < -0.39 is 5.92 Å². The number of rotatable bonds is 4. The first-order chi connectivity index (χ1) is 12.5. The Morgan fingerprint density at radius 3 is 2.81 bits per heavy atom. The van der Waals surface area contributed by atoms with Crippen molar-refractivity contribution < 1.29 is 9.59 Å². The van der Waals surface area contributed by atoms with Crippen LogP contribution >= 0.6 is 0 Å². The standard InChI is InChI=1S/C19H23N5O2/c1-12(14-5-6-14)24-17(7-9-21-24)22-19(26)16-11-23(13(2)25)10-15-4-3-8-20-18(15)16/h3-4,7-9,12,14,16H,5-6,10-11H2,1-2H3,(H,22,26). The van der Waals surface area contributed by atoms with Gasteiger partial charge in [0.1, 0.15) is 5.82 Å². The maximum atomic E-state index is 13.0. The third-order valence-electron chi connectivity index (χ3n) is 5.39. The van der Waals surface area contributed by atoms with Gasteiger partial charge in [0.05, 0.1) is 23.9 Å². The van der Waals surface area contributed by atoms with E-state index in [-0.39, 0.29) is 17.9 Å². The summed E-state index contributed by atoms with van der Waals surface area (Å²) in [5.74, 6) is 0.663. The second-order valence-electron chi connectivity index (χ2n) is 7.23. The van der Waals surface area contributed by atoms with Gasteiger partial charge in [0.25, 0.3) is 0 Å². The summed E-state index contributed by atoms with van der Waals surface area (Å²) >= 11 is 0. The fourth-order valence-electron chi connectivity index (χ4n) is 3.65. The van der Waals surface area contributed by atoms with Gasteiger partial charge in [-0.05, 0) is 37.3 Å². The molecular weight excluding hydrogens is 330 g/mol.